The summed E-state index contributed by atoms with van der Waals surface area (Å²) in [6.45, 7) is 5.89. The first kappa shape index (κ1) is 29.0. The number of ether oxygens (including phenoxy) is 2. The SMILES string of the molecule is CC(C)OC(=O)[C@H](C)N[P@@](=O)(OC[C@H]1O[C@@H](n2cnc3c(=O)[nH]c(N)nc32)[C@](C)(Cl)[C@@H]1O)Oc1ccccc1. The van der Waals surface area contributed by atoms with Crippen LogP contribution in [0.4, 0.5) is 5.95 Å². The number of anilines is 1. The third-order valence-corrected chi connectivity index (χ3v) is 7.91. The van der Waals surface area contributed by atoms with Crippen LogP contribution in [0.5, 0.6) is 5.75 Å². The topological polar surface area (TPSA) is 193 Å². The first-order chi connectivity index (χ1) is 18.3. The average Bonchev–Trinajstić information content (AvgIpc) is 3.36. The third-order valence-electron chi connectivity index (χ3n) is 5.86. The number of aromatic amines is 1. The number of H-pyrrole nitrogens is 1. The number of rotatable bonds is 10. The number of aliphatic hydroxyl groups excluding tert-OH is 1. The van der Waals surface area contributed by atoms with Gasteiger partial charge < -0.3 is 24.8 Å². The van der Waals surface area contributed by atoms with Gasteiger partial charge in [0.25, 0.3) is 5.56 Å². The number of hydrogen-bond donors (Lipinski definition) is 4. The van der Waals surface area contributed by atoms with Crippen molar-refractivity contribution in [3.8, 4) is 5.75 Å². The lowest BCUT2D eigenvalue weighted by Gasteiger charge is -2.26. The van der Waals surface area contributed by atoms with Crippen LogP contribution in [0.1, 0.15) is 33.9 Å². The van der Waals surface area contributed by atoms with E-state index in [0.717, 1.165) is 0 Å². The molecule has 3 aromatic rings. The van der Waals surface area contributed by atoms with Crippen LogP contribution < -0.4 is 20.9 Å². The number of esters is 1. The zero-order valence-electron chi connectivity index (χ0n) is 21.6. The highest BCUT2D eigenvalue weighted by molar-refractivity contribution is 7.52. The zero-order valence-corrected chi connectivity index (χ0v) is 23.3. The number of benzene rings is 1. The van der Waals surface area contributed by atoms with E-state index < -0.39 is 61.3 Å². The summed E-state index contributed by atoms with van der Waals surface area (Å²) in [7, 11) is -4.23. The molecular weight excluding hydrogens is 555 g/mol. The Kier molecular flexibility index (Phi) is 8.36. The van der Waals surface area contributed by atoms with Gasteiger partial charge in [0.2, 0.25) is 5.95 Å². The fourth-order valence-corrected chi connectivity index (χ4v) is 5.77. The zero-order chi connectivity index (χ0) is 28.5. The van der Waals surface area contributed by atoms with Crippen LogP contribution in [0, 0.1) is 0 Å². The van der Waals surface area contributed by atoms with Crippen molar-refractivity contribution in [3.05, 3.63) is 47.0 Å². The number of carbonyl (C=O) groups is 1. The Labute approximate surface area is 228 Å². The second-order valence-corrected chi connectivity index (χ2v) is 11.9. The first-order valence-corrected chi connectivity index (χ1v) is 13.9. The normalized spacial score (nSPS) is 25.5. The van der Waals surface area contributed by atoms with Crippen molar-refractivity contribution < 1.29 is 33.0 Å². The first-order valence-electron chi connectivity index (χ1n) is 12.0. The number of nitrogen functional groups attached to an aromatic ring is 1. The van der Waals surface area contributed by atoms with Crippen LogP contribution in [-0.2, 0) is 23.4 Å². The van der Waals surface area contributed by atoms with Crippen LogP contribution in [-0.4, -0.2) is 66.4 Å². The molecule has 0 amide bonds. The summed E-state index contributed by atoms with van der Waals surface area (Å²) < 4.78 is 37.6. The second kappa shape index (κ2) is 11.2. The van der Waals surface area contributed by atoms with Crippen molar-refractivity contribution in [3.63, 3.8) is 0 Å². The van der Waals surface area contributed by atoms with Gasteiger partial charge in [-0.1, -0.05) is 18.2 Å². The number of aliphatic hydroxyl groups is 1. The number of para-hydroxylation sites is 1. The molecule has 0 saturated carbocycles. The number of imidazole rings is 1. The smallest absolute Gasteiger partial charge is 0.459 e. The highest BCUT2D eigenvalue weighted by Gasteiger charge is 2.54. The molecular formula is C23H30ClN6O8P. The van der Waals surface area contributed by atoms with Crippen molar-refractivity contribution in [2.24, 2.45) is 0 Å². The van der Waals surface area contributed by atoms with Crippen LogP contribution in [0.3, 0.4) is 0 Å². The fourth-order valence-electron chi connectivity index (χ4n) is 3.97. The lowest BCUT2D eigenvalue weighted by Crippen LogP contribution is -2.40. The molecule has 0 spiro atoms. The molecule has 212 valence electrons. The van der Waals surface area contributed by atoms with Crippen molar-refractivity contribution in [1.29, 1.82) is 0 Å². The molecule has 1 aliphatic heterocycles. The van der Waals surface area contributed by atoms with Gasteiger partial charge in [-0.25, -0.2) is 9.55 Å². The van der Waals surface area contributed by atoms with E-state index in [1.165, 1.54) is 24.7 Å². The standard InChI is InChI=1S/C23H30ClN6O8P/c1-12(2)36-20(33)13(3)29-39(34,38-14-8-6-5-7-9-14)35-10-15-17(31)23(4,24)21(37-15)30-11-26-16-18(30)27-22(25)28-19(16)32/h5-9,11-13,15,17,21,31H,10H2,1-4H3,(H,29,34)(H3,25,27,28,32)/t13-,15+,17+,21+,23+,39+/m0/s1. The Bertz CT molecular complexity index is 1430. The van der Waals surface area contributed by atoms with Crippen LogP contribution >= 0.6 is 19.3 Å². The maximum absolute atomic E-state index is 13.8. The van der Waals surface area contributed by atoms with Gasteiger partial charge in [0.05, 0.1) is 19.0 Å². The Morgan fingerprint density at radius 2 is 2.05 bits per heavy atom. The van der Waals surface area contributed by atoms with Crippen molar-refractivity contribution >= 4 is 42.4 Å². The van der Waals surface area contributed by atoms with Gasteiger partial charge in [0, 0.05) is 0 Å². The summed E-state index contributed by atoms with van der Waals surface area (Å²) in [6.07, 6.45) is -2.61. The summed E-state index contributed by atoms with van der Waals surface area (Å²) in [5.41, 5.74) is 5.23. The van der Waals surface area contributed by atoms with Crippen molar-refractivity contribution in [1.82, 2.24) is 24.6 Å². The van der Waals surface area contributed by atoms with Crippen LogP contribution in [0.2, 0.25) is 0 Å². The largest absolute Gasteiger partial charge is 0.462 e. The lowest BCUT2D eigenvalue weighted by molar-refractivity contribution is -0.149. The number of halogens is 1. The second-order valence-electron chi connectivity index (χ2n) is 9.43. The Morgan fingerprint density at radius 3 is 2.72 bits per heavy atom. The predicted molar refractivity (Wildman–Crippen MR) is 141 cm³/mol. The number of aromatic nitrogens is 4. The molecule has 5 N–H and O–H groups in total. The molecule has 0 unspecified atom stereocenters. The molecule has 1 fully saturated rings. The maximum Gasteiger partial charge on any atom is 0.459 e. The number of carbonyl (C=O) groups excluding carboxylic acids is 1. The van der Waals surface area contributed by atoms with Gasteiger partial charge in [-0.2, -0.15) is 10.1 Å². The monoisotopic (exact) mass is 584 g/mol. The van der Waals surface area contributed by atoms with E-state index in [1.807, 2.05) is 0 Å². The molecule has 39 heavy (non-hydrogen) atoms. The third kappa shape index (κ3) is 6.26. The van der Waals surface area contributed by atoms with Gasteiger partial charge in [0.15, 0.2) is 17.4 Å². The van der Waals surface area contributed by atoms with Gasteiger partial charge in [-0.3, -0.25) is 23.7 Å². The molecule has 2 aromatic heterocycles. The van der Waals surface area contributed by atoms with Gasteiger partial charge in [-0.05, 0) is 39.8 Å². The van der Waals surface area contributed by atoms with E-state index in [9.17, 15) is 19.3 Å². The Balaban J connectivity index is 1.56. The van der Waals surface area contributed by atoms with E-state index in [-0.39, 0.29) is 22.9 Å². The van der Waals surface area contributed by atoms with E-state index in [0.29, 0.717) is 0 Å². The van der Waals surface area contributed by atoms with Crippen LogP contribution in [0.15, 0.2) is 41.5 Å². The molecule has 1 saturated heterocycles. The summed E-state index contributed by atoms with van der Waals surface area (Å²) in [4.78, 5) is 33.6. The molecule has 6 atom stereocenters. The predicted octanol–water partition coefficient (Wildman–Crippen LogP) is 2.09. The molecule has 1 aliphatic rings. The summed E-state index contributed by atoms with van der Waals surface area (Å²) in [6, 6.07) is 7.15. The number of alkyl halides is 1. The fraction of sp³-hybridized carbons (Fsp3) is 0.478. The van der Waals surface area contributed by atoms with Gasteiger partial charge in [0.1, 0.15) is 28.9 Å². The minimum Gasteiger partial charge on any atom is -0.462 e. The molecule has 16 heteroatoms. The van der Waals surface area contributed by atoms with Crippen molar-refractivity contribution in [2.45, 2.75) is 63.2 Å². The molecule has 1 aromatic carbocycles. The number of fused-ring (bicyclic) bond motifs is 1. The van der Waals surface area contributed by atoms with Gasteiger partial charge >= 0.3 is 13.7 Å². The molecule has 3 heterocycles. The number of nitrogens with one attached hydrogen (secondary N) is 2. The van der Waals surface area contributed by atoms with Crippen LogP contribution in [0.25, 0.3) is 11.2 Å². The molecule has 14 nitrogen and oxygen atoms in total. The number of nitrogens with zero attached hydrogens (tertiary/aromatic N) is 3. The highest BCUT2D eigenvalue weighted by atomic mass is 35.5. The van der Waals surface area contributed by atoms with Crippen molar-refractivity contribution in [2.75, 3.05) is 12.3 Å². The van der Waals surface area contributed by atoms with Gasteiger partial charge in [-0.15, -0.1) is 11.6 Å². The quantitative estimate of drug-likeness (QED) is 0.154. The van der Waals surface area contributed by atoms with E-state index in [2.05, 4.69) is 20.0 Å². The summed E-state index contributed by atoms with van der Waals surface area (Å²) in [5.74, 6) is -0.589. The number of nitrogens with two attached hydrogens (primary N) is 1. The van der Waals surface area contributed by atoms with E-state index in [4.69, 9.17) is 35.9 Å². The van der Waals surface area contributed by atoms with E-state index >= 15 is 0 Å². The molecule has 0 bridgehead atoms. The average molecular weight is 585 g/mol. The minimum atomic E-state index is -4.23. The Morgan fingerprint density at radius 1 is 1.36 bits per heavy atom. The highest BCUT2D eigenvalue weighted by Crippen LogP contribution is 2.48. The molecule has 0 radical (unpaired) electrons. The molecule has 4 rings (SSSR count). The minimum absolute atomic E-state index is 0.00156. The molecule has 0 aliphatic carbocycles. The van der Waals surface area contributed by atoms with E-state index in [1.54, 1.807) is 44.2 Å². The summed E-state index contributed by atoms with van der Waals surface area (Å²) >= 11 is 6.70. The summed E-state index contributed by atoms with van der Waals surface area (Å²) in [5, 5.41) is 13.6. The Hall–Kier alpha value is -3.00. The number of hydrogen-bond acceptors (Lipinski definition) is 11. The lowest BCUT2D eigenvalue weighted by atomic mass is 10.0. The maximum atomic E-state index is 13.8.